The minimum absolute atomic E-state index is 0.542. The summed E-state index contributed by atoms with van der Waals surface area (Å²) in [5.74, 6) is 1.68. The van der Waals surface area contributed by atoms with Crippen molar-refractivity contribution in [3.63, 3.8) is 0 Å². The van der Waals surface area contributed by atoms with Gasteiger partial charge in [-0.05, 0) is 50.0 Å². The molecule has 2 aliphatic rings. The average Bonchev–Trinajstić information content (AvgIpc) is 3.22. The van der Waals surface area contributed by atoms with E-state index in [0.717, 1.165) is 28.7 Å². The van der Waals surface area contributed by atoms with Crippen LogP contribution in [0.5, 0.6) is 11.5 Å². The first-order chi connectivity index (χ1) is 11.2. The summed E-state index contributed by atoms with van der Waals surface area (Å²) in [7, 11) is 3.38. The highest BCUT2D eigenvalue weighted by Crippen LogP contribution is 2.30. The highest BCUT2D eigenvalue weighted by molar-refractivity contribution is 7.80. The molecule has 0 aromatic heterocycles. The summed E-state index contributed by atoms with van der Waals surface area (Å²) in [6, 6.07) is 7.14. The van der Waals surface area contributed by atoms with Crippen LogP contribution < -0.4 is 14.8 Å². The van der Waals surface area contributed by atoms with Crippen molar-refractivity contribution in [3.8, 4) is 11.5 Å². The van der Waals surface area contributed by atoms with E-state index in [-0.39, 0.29) is 0 Å². The summed E-state index contributed by atoms with van der Waals surface area (Å²) in [6.07, 6.45) is 7.53. The van der Waals surface area contributed by atoms with Crippen molar-refractivity contribution in [3.05, 3.63) is 23.8 Å². The number of hydrogen-bond acceptors (Lipinski definition) is 3. The van der Waals surface area contributed by atoms with E-state index in [1.807, 2.05) is 12.1 Å². The molecule has 0 saturated heterocycles. The zero-order chi connectivity index (χ0) is 16.2. The Balaban J connectivity index is 1.77. The van der Waals surface area contributed by atoms with E-state index < -0.39 is 0 Å². The van der Waals surface area contributed by atoms with Gasteiger partial charge in [0.1, 0.15) is 11.5 Å². The molecule has 126 valence electrons. The second-order valence-corrected chi connectivity index (χ2v) is 6.85. The number of methoxy groups -OCH3 is 2. The van der Waals surface area contributed by atoms with Crippen LogP contribution in [-0.4, -0.2) is 36.3 Å². The highest BCUT2D eigenvalue weighted by Gasteiger charge is 2.29. The lowest BCUT2D eigenvalue weighted by molar-refractivity contribution is 0.296. The molecule has 4 nitrogen and oxygen atoms in total. The molecule has 3 rings (SSSR count). The van der Waals surface area contributed by atoms with E-state index in [1.54, 1.807) is 14.2 Å². The molecule has 0 amide bonds. The molecule has 0 spiro atoms. The van der Waals surface area contributed by atoms with Gasteiger partial charge in [0.15, 0.2) is 5.11 Å². The topological polar surface area (TPSA) is 33.7 Å². The van der Waals surface area contributed by atoms with Gasteiger partial charge < -0.3 is 19.7 Å². The van der Waals surface area contributed by atoms with Crippen LogP contribution in [-0.2, 0) is 6.54 Å². The van der Waals surface area contributed by atoms with Gasteiger partial charge in [-0.25, -0.2) is 0 Å². The van der Waals surface area contributed by atoms with Crippen molar-refractivity contribution in [2.75, 3.05) is 14.2 Å². The Kier molecular flexibility index (Phi) is 5.26. The Hall–Kier alpha value is -1.49. The molecule has 0 bridgehead atoms. The Morgan fingerprint density at radius 2 is 1.91 bits per heavy atom. The van der Waals surface area contributed by atoms with Gasteiger partial charge >= 0.3 is 0 Å². The molecular formula is C18H26N2O2S. The minimum Gasteiger partial charge on any atom is -0.497 e. The molecule has 0 radical (unpaired) electrons. The lowest BCUT2D eigenvalue weighted by Gasteiger charge is -2.32. The van der Waals surface area contributed by atoms with Crippen LogP contribution in [0, 0.1) is 0 Å². The van der Waals surface area contributed by atoms with E-state index in [4.69, 9.17) is 21.7 Å². The van der Waals surface area contributed by atoms with Gasteiger partial charge in [0, 0.05) is 30.3 Å². The van der Waals surface area contributed by atoms with Gasteiger partial charge in [-0.2, -0.15) is 0 Å². The molecule has 2 saturated carbocycles. The fourth-order valence-electron chi connectivity index (χ4n) is 3.23. The Labute approximate surface area is 144 Å². The second kappa shape index (κ2) is 7.39. The SMILES string of the molecule is COc1ccc(CN(C(=S)NC2CC2)C2CCCC2)c(OC)c1. The maximum atomic E-state index is 5.70. The maximum absolute atomic E-state index is 5.70. The van der Waals surface area contributed by atoms with Crippen molar-refractivity contribution >= 4 is 17.3 Å². The largest absolute Gasteiger partial charge is 0.497 e. The van der Waals surface area contributed by atoms with E-state index >= 15 is 0 Å². The summed E-state index contributed by atoms with van der Waals surface area (Å²) in [4.78, 5) is 2.37. The molecule has 0 unspecified atom stereocenters. The molecule has 23 heavy (non-hydrogen) atoms. The predicted octanol–water partition coefficient (Wildman–Crippen LogP) is 3.49. The maximum Gasteiger partial charge on any atom is 0.169 e. The number of rotatable bonds is 6. The molecule has 2 fully saturated rings. The third-order valence-electron chi connectivity index (χ3n) is 4.77. The third-order valence-corrected chi connectivity index (χ3v) is 5.12. The fraction of sp³-hybridized carbons (Fsp3) is 0.611. The minimum atomic E-state index is 0.542. The van der Waals surface area contributed by atoms with Gasteiger partial charge in [-0.15, -0.1) is 0 Å². The number of benzene rings is 1. The van der Waals surface area contributed by atoms with E-state index in [1.165, 1.54) is 38.5 Å². The summed E-state index contributed by atoms with van der Waals surface area (Å²) in [5, 5.41) is 4.40. The smallest absolute Gasteiger partial charge is 0.169 e. The van der Waals surface area contributed by atoms with Crippen molar-refractivity contribution in [2.45, 2.75) is 57.2 Å². The Morgan fingerprint density at radius 3 is 2.52 bits per heavy atom. The van der Waals surface area contributed by atoms with Crippen LogP contribution >= 0.6 is 12.2 Å². The summed E-state index contributed by atoms with van der Waals surface area (Å²) in [6.45, 7) is 0.788. The molecule has 1 aromatic rings. The zero-order valence-electron chi connectivity index (χ0n) is 14.0. The molecular weight excluding hydrogens is 308 g/mol. The standard InChI is InChI=1S/C18H26N2O2S/c1-21-16-10-7-13(17(11-16)22-2)12-20(15-5-3-4-6-15)18(23)19-14-8-9-14/h7,10-11,14-15H,3-6,8-9,12H2,1-2H3,(H,19,23). The second-order valence-electron chi connectivity index (χ2n) is 6.47. The van der Waals surface area contributed by atoms with Crippen LogP contribution in [0.2, 0.25) is 0 Å². The number of ether oxygens (including phenoxy) is 2. The number of hydrogen-bond donors (Lipinski definition) is 1. The van der Waals surface area contributed by atoms with Gasteiger partial charge in [0.05, 0.1) is 14.2 Å². The van der Waals surface area contributed by atoms with Crippen LogP contribution in [0.25, 0.3) is 0 Å². The highest BCUT2D eigenvalue weighted by atomic mass is 32.1. The number of nitrogens with one attached hydrogen (secondary N) is 1. The molecule has 0 aliphatic heterocycles. The molecule has 5 heteroatoms. The first kappa shape index (κ1) is 16.4. The van der Waals surface area contributed by atoms with Crippen molar-refractivity contribution in [1.29, 1.82) is 0 Å². The van der Waals surface area contributed by atoms with Crippen LogP contribution in [0.1, 0.15) is 44.1 Å². The zero-order valence-corrected chi connectivity index (χ0v) is 14.8. The molecule has 0 atom stereocenters. The van der Waals surface area contributed by atoms with Gasteiger partial charge in [0.25, 0.3) is 0 Å². The van der Waals surface area contributed by atoms with Gasteiger partial charge in [0.2, 0.25) is 0 Å². The van der Waals surface area contributed by atoms with Gasteiger partial charge in [-0.3, -0.25) is 0 Å². The molecule has 0 heterocycles. The first-order valence-corrected chi connectivity index (χ1v) is 8.90. The summed E-state index contributed by atoms with van der Waals surface area (Å²) >= 11 is 5.70. The molecule has 1 aromatic carbocycles. The predicted molar refractivity (Wildman–Crippen MR) is 96.1 cm³/mol. The molecule has 2 aliphatic carbocycles. The van der Waals surface area contributed by atoms with Crippen molar-refractivity contribution < 1.29 is 9.47 Å². The average molecular weight is 334 g/mol. The van der Waals surface area contributed by atoms with Crippen LogP contribution in [0.15, 0.2) is 18.2 Å². The van der Waals surface area contributed by atoms with Crippen molar-refractivity contribution in [2.24, 2.45) is 0 Å². The van der Waals surface area contributed by atoms with Gasteiger partial charge in [-0.1, -0.05) is 12.8 Å². The third kappa shape index (κ3) is 4.08. The lowest BCUT2D eigenvalue weighted by atomic mass is 10.1. The molecule has 1 N–H and O–H groups in total. The fourth-order valence-corrected chi connectivity index (χ4v) is 3.61. The van der Waals surface area contributed by atoms with Crippen LogP contribution in [0.4, 0.5) is 0 Å². The number of nitrogens with zero attached hydrogens (tertiary/aromatic N) is 1. The number of thiocarbonyl (C=S) groups is 1. The lowest BCUT2D eigenvalue weighted by Crippen LogP contribution is -2.45. The summed E-state index contributed by atoms with van der Waals surface area (Å²) < 4.78 is 10.8. The Morgan fingerprint density at radius 1 is 1.17 bits per heavy atom. The van der Waals surface area contributed by atoms with E-state index in [9.17, 15) is 0 Å². The Bertz CT molecular complexity index is 554. The quantitative estimate of drug-likeness (QED) is 0.806. The van der Waals surface area contributed by atoms with Crippen LogP contribution in [0.3, 0.4) is 0 Å². The van der Waals surface area contributed by atoms with E-state index in [2.05, 4.69) is 16.3 Å². The van der Waals surface area contributed by atoms with Crippen molar-refractivity contribution in [1.82, 2.24) is 10.2 Å². The van der Waals surface area contributed by atoms with E-state index in [0.29, 0.717) is 12.1 Å². The monoisotopic (exact) mass is 334 g/mol. The summed E-state index contributed by atoms with van der Waals surface area (Å²) in [5.41, 5.74) is 1.15. The first-order valence-electron chi connectivity index (χ1n) is 8.49. The normalized spacial score (nSPS) is 17.8.